The number of nitrogens with one attached hydrogen (secondary N) is 1. The average Bonchev–Trinajstić information content (AvgIpc) is 2.56. The Morgan fingerprint density at radius 3 is 2.60 bits per heavy atom. The molecule has 0 bridgehead atoms. The Hall–Kier alpha value is -1.99. The number of ether oxygens (including phenoxy) is 1. The fourth-order valence-electron chi connectivity index (χ4n) is 2.16. The van der Waals surface area contributed by atoms with Gasteiger partial charge in [0.1, 0.15) is 17.7 Å². The van der Waals surface area contributed by atoms with Crippen molar-refractivity contribution in [1.82, 2.24) is 5.32 Å². The predicted molar refractivity (Wildman–Crippen MR) is 92.5 cm³/mol. The van der Waals surface area contributed by atoms with Crippen LogP contribution in [0.2, 0.25) is 5.02 Å². The smallest absolute Gasteiger partial charge is 0.328 e. The third kappa shape index (κ3) is 4.99. The van der Waals surface area contributed by atoms with E-state index in [-0.39, 0.29) is 12.0 Å². The first-order valence-corrected chi connectivity index (χ1v) is 8.26. The highest BCUT2D eigenvalue weighted by atomic mass is 79.9. The monoisotopic (exact) mass is 431 g/mol. The van der Waals surface area contributed by atoms with Crippen LogP contribution in [0.25, 0.3) is 0 Å². The van der Waals surface area contributed by atoms with E-state index in [1.54, 1.807) is 18.2 Å². The van der Waals surface area contributed by atoms with Crippen LogP contribution in [0, 0.1) is 11.6 Å². The van der Waals surface area contributed by atoms with Gasteiger partial charge < -0.3 is 10.1 Å². The molecule has 0 saturated carbocycles. The summed E-state index contributed by atoms with van der Waals surface area (Å²) in [6.45, 7) is 0. The fourth-order valence-corrected chi connectivity index (χ4v) is 2.77. The minimum atomic E-state index is -1.07. The van der Waals surface area contributed by atoms with Gasteiger partial charge in [-0.3, -0.25) is 4.79 Å². The molecule has 0 aliphatic carbocycles. The van der Waals surface area contributed by atoms with Crippen LogP contribution in [0.4, 0.5) is 8.78 Å². The van der Waals surface area contributed by atoms with Crippen LogP contribution in [0.3, 0.4) is 0 Å². The van der Waals surface area contributed by atoms with Crippen LogP contribution in [0.1, 0.15) is 15.9 Å². The minimum Gasteiger partial charge on any atom is -0.467 e. The topological polar surface area (TPSA) is 55.4 Å². The second kappa shape index (κ2) is 8.40. The molecule has 1 N–H and O–H groups in total. The number of amides is 1. The molecule has 0 aliphatic rings. The van der Waals surface area contributed by atoms with Crippen molar-refractivity contribution in [3.63, 3.8) is 0 Å². The lowest BCUT2D eigenvalue weighted by Crippen LogP contribution is -2.43. The fraction of sp³-hybridized carbons (Fsp3) is 0.176. The first kappa shape index (κ1) is 19.3. The molecule has 1 amide bonds. The van der Waals surface area contributed by atoms with Gasteiger partial charge in [0.05, 0.1) is 12.7 Å². The minimum absolute atomic E-state index is 0.0718. The maximum absolute atomic E-state index is 13.7. The van der Waals surface area contributed by atoms with Crippen molar-refractivity contribution in [3.05, 3.63) is 68.7 Å². The van der Waals surface area contributed by atoms with Gasteiger partial charge in [0.15, 0.2) is 0 Å². The zero-order chi connectivity index (χ0) is 18.6. The van der Waals surface area contributed by atoms with Crippen LogP contribution >= 0.6 is 27.5 Å². The molecular formula is C17H13BrClF2NO3. The highest BCUT2D eigenvalue weighted by molar-refractivity contribution is 9.10. The third-order valence-corrected chi connectivity index (χ3v) is 4.41. The van der Waals surface area contributed by atoms with Crippen molar-refractivity contribution >= 4 is 39.4 Å². The number of halogens is 4. The number of methoxy groups -OCH3 is 1. The summed E-state index contributed by atoms with van der Waals surface area (Å²) in [4.78, 5) is 24.2. The third-order valence-electron chi connectivity index (χ3n) is 3.40. The molecule has 0 aromatic heterocycles. The normalized spacial score (nSPS) is 11.7. The lowest BCUT2D eigenvalue weighted by molar-refractivity contribution is -0.142. The van der Waals surface area contributed by atoms with E-state index in [4.69, 9.17) is 11.6 Å². The van der Waals surface area contributed by atoms with Crippen molar-refractivity contribution in [2.24, 2.45) is 0 Å². The Kier molecular flexibility index (Phi) is 6.50. The van der Waals surface area contributed by atoms with E-state index >= 15 is 0 Å². The summed E-state index contributed by atoms with van der Waals surface area (Å²) in [5.41, 5.74) is 0.281. The number of rotatable bonds is 5. The number of hydrogen-bond acceptors (Lipinski definition) is 3. The van der Waals surface area contributed by atoms with Gasteiger partial charge in [0.2, 0.25) is 0 Å². The Bertz CT molecular complexity index is 816. The first-order valence-electron chi connectivity index (χ1n) is 7.09. The van der Waals surface area contributed by atoms with Gasteiger partial charge in [-0.25, -0.2) is 13.6 Å². The molecule has 0 saturated heterocycles. The number of carbonyl (C=O) groups is 2. The van der Waals surface area contributed by atoms with Crippen molar-refractivity contribution in [2.75, 3.05) is 7.11 Å². The summed E-state index contributed by atoms with van der Waals surface area (Å²) in [6.07, 6.45) is 0.0718. The van der Waals surface area contributed by atoms with Crippen LogP contribution in [-0.4, -0.2) is 25.0 Å². The molecule has 8 heteroatoms. The van der Waals surface area contributed by atoms with Gasteiger partial charge in [-0.2, -0.15) is 0 Å². The highest BCUT2D eigenvalue weighted by Crippen LogP contribution is 2.23. The van der Waals surface area contributed by atoms with Crippen molar-refractivity contribution in [2.45, 2.75) is 12.5 Å². The van der Waals surface area contributed by atoms with Gasteiger partial charge in [-0.1, -0.05) is 27.5 Å². The van der Waals surface area contributed by atoms with Crippen LogP contribution in [0.5, 0.6) is 0 Å². The Morgan fingerprint density at radius 1 is 1.24 bits per heavy atom. The van der Waals surface area contributed by atoms with Crippen molar-refractivity contribution < 1.29 is 23.1 Å². The standard InChI is InChI=1S/C17H13BrClF2NO3/c1-25-17(24)15(7-9-6-10(19)2-5-13(9)18)22-16(23)12-4-3-11(20)8-14(12)21/h2-6,8,15H,7H2,1H3,(H,22,23)/t15-/m0/s1. The predicted octanol–water partition coefficient (Wildman–Crippen LogP) is 3.89. The molecule has 0 heterocycles. The largest absolute Gasteiger partial charge is 0.467 e. The van der Waals surface area contributed by atoms with E-state index in [9.17, 15) is 18.4 Å². The number of carbonyl (C=O) groups excluding carboxylic acids is 2. The van der Waals surface area contributed by atoms with Gasteiger partial charge in [-0.05, 0) is 35.9 Å². The van der Waals surface area contributed by atoms with E-state index in [2.05, 4.69) is 26.0 Å². The molecule has 0 unspecified atom stereocenters. The summed E-state index contributed by atoms with van der Waals surface area (Å²) in [5.74, 6) is -3.39. The second-order valence-corrected chi connectivity index (χ2v) is 6.40. The molecule has 4 nitrogen and oxygen atoms in total. The molecule has 132 valence electrons. The van der Waals surface area contributed by atoms with Crippen molar-refractivity contribution in [3.8, 4) is 0 Å². The maximum Gasteiger partial charge on any atom is 0.328 e. The van der Waals surface area contributed by atoms with Crippen LogP contribution in [0.15, 0.2) is 40.9 Å². The molecule has 2 rings (SSSR count). The molecule has 25 heavy (non-hydrogen) atoms. The van der Waals surface area contributed by atoms with E-state index in [0.717, 1.165) is 12.1 Å². The zero-order valence-corrected chi connectivity index (χ0v) is 15.3. The van der Waals surface area contributed by atoms with Crippen LogP contribution in [-0.2, 0) is 16.0 Å². The van der Waals surface area contributed by atoms with Gasteiger partial charge in [0, 0.05) is 22.0 Å². The first-order chi connectivity index (χ1) is 11.8. The summed E-state index contributed by atoms with van der Waals surface area (Å²) in [6, 6.07) is 6.48. The summed E-state index contributed by atoms with van der Waals surface area (Å²) in [5, 5.41) is 2.86. The van der Waals surface area contributed by atoms with Gasteiger partial charge in [0.25, 0.3) is 5.91 Å². The van der Waals surface area contributed by atoms with E-state index in [1.807, 2.05) is 0 Å². The van der Waals surface area contributed by atoms with Crippen molar-refractivity contribution in [1.29, 1.82) is 0 Å². The van der Waals surface area contributed by atoms with E-state index in [1.165, 1.54) is 7.11 Å². The Labute approximate surface area is 156 Å². The number of esters is 1. The van der Waals surface area contributed by atoms with E-state index in [0.29, 0.717) is 21.1 Å². The Morgan fingerprint density at radius 2 is 1.96 bits per heavy atom. The summed E-state index contributed by atoms with van der Waals surface area (Å²) < 4.78 is 32.1. The number of hydrogen-bond donors (Lipinski definition) is 1. The maximum atomic E-state index is 13.7. The molecule has 0 spiro atoms. The summed E-state index contributed by atoms with van der Waals surface area (Å²) >= 11 is 9.28. The zero-order valence-electron chi connectivity index (χ0n) is 13.0. The SMILES string of the molecule is COC(=O)[C@H](Cc1cc(Cl)ccc1Br)NC(=O)c1ccc(F)cc1F. The molecule has 1 atom stereocenters. The molecular weight excluding hydrogens is 420 g/mol. The Balaban J connectivity index is 2.24. The lowest BCUT2D eigenvalue weighted by atomic mass is 10.1. The molecule has 0 fully saturated rings. The van der Waals surface area contributed by atoms with Crippen LogP contribution < -0.4 is 5.32 Å². The molecule has 2 aromatic rings. The molecule has 0 radical (unpaired) electrons. The molecule has 0 aliphatic heterocycles. The van der Waals surface area contributed by atoms with Gasteiger partial charge in [-0.15, -0.1) is 0 Å². The van der Waals surface area contributed by atoms with Gasteiger partial charge >= 0.3 is 5.97 Å². The number of benzene rings is 2. The molecule has 2 aromatic carbocycles. The highest BCUT2D eigenvalue weighted by Gasteiger charge is 2.25. The quantitative estimate of drug-likeness (QED) is 0.729. The summed E-state index contributed by atoms with van der Waals surface area (Å²) in [7, 11) is 1.17. The average molecular weight is 433 g/mol. The lowest BCUT2D eigenvalue weighted by Gasteiger charge is -2.18. The second-order valence-electron chi connectivity index (χ2n) is 5.11. The van der Waals surface area contributed by atoms with E-state index < -0.39 is 29.6 Å².